The number of H-pyrrole nitrogens is 1. The van der Waals surface area contributed by atoms with Crippen LogP contribution in [-0.2, 0) is 19.5 Å². The number of nitrogens with one attached hydrogen (secondary N) is 2. The third-order valence-corrected chi connectivity index (χ3v) is 7.55. The van der Waals surface area contributed by atoms with E-state index in [0.717, 1.165) is 64.3 Å². The molecule has 1 saturated carbocycles. The van der Waals surface area contributed by atoms with Crippen LogP contribution in [0.3, 0.4) is 0 Å². The lowest BCUT2D eigenvalue weighted by atomic mass is 9.99. The summed E-state index contributed by atoms with van der Waals surface area (Å²) >= 11 is 0. The highest BCUT2D eigenvalue weighted by Gasteiger charge is 2.30. The van der Waals surface area contributed by atoms with Crippen LogP contribution >= 0.6 is 0 Å². The van der Waals surface area contributed by atoms with Crippen LogP contribution in [0.5, 0.6) is 11.5 Å². The van der Waals surface area contributed by atoms with Crippen molar-refractivity contribution in [3.05, 3.63) is 77.1 Å². The Balaban J connectivity index is 0.980. The van der Waals surface area contributed by atoms with Crippen molar-refractivity contribution in [2.45, 2.75) is 58.0 Å². The van der Waals surface area contributed by atoms with Crippen molar-refractivity contribution in [1.29, 1.82) is 0 Å². The minimum absolute atomic E-state index is 0.254. The minimum Gasteiger partial charge on any atom is -0.454 e. The van der Waals surface area contributed by atoms with Crippen LogP contribution < -0.4 is 14.8 Å². The molecular formula is C30H30N8O3. The van der Waals surface area contributed by atoms with E-state index < -0.39 is 0 Å². The number of pyridine rings is 1. The first-order chi connectivity index (χ1) is 20.1. The van der Waals surface area contributed by atoms with Crippen LogP contribution in [0.4, 0.5) is 0 Å². The highest BCUT2D eigenvalue weighted by molar-refractivity contribution is 5.96. The number of hydrogen-bond acceptors (Lipinski definition) is 8. The summed E-state index contributed by atoms with van der Waals surface area (Å²) in [6.45, 7) is 3.24. The first-order valence-corrected chi connectivity index (χ1v) is 14.0. The van der Waals surface area contributed by atoms with Gasteiger partial charge in [0.05, 0.1) is 11.9 Å². The highest BCUT2D eigenvalue weighted by Crippen LogP contribution is 2.47. The van der Waals surface area contributed by atoms with Crippen LogP contribution in [0.2, 0.25) is 0 Å². The van der Waals surface area contributed by atoms with E-state index in [-0.39, 0.29) is 12.7 Å². The number of nitrogens with zero attached hydrogens (tertiary/aromatic N) is 6. The Labute approximate surface area is 236 Å². The van der Waals surface area contributed by atoms with Gasteiger partial charge < -0.3 is 19.8 Å². The minimum atomic E-state index is -0.254. The number of hydrogen-bond donors (Lipinski definition) is 2. The van der Waals surface area contributed by atoms with Gasteiger partial charge in [-0.15, -0.1) is 10.2 Å². The van der Waals surface area contributed by atoms with Crippen molar-refractivity contribution in [3.63, 3.8) is 0 Å². The van der Waals surface area contributed by atoms with Gasteiger partial charge in [-0.2, -0.15) is 5.10 Å². The molecule has 41 heavy (non-hydrogen) atoms. The van der Waals surface area contributed by atoms with Gasteiger partial charge >= 0.3 is 0 Å². The summed E-state index contributed by atoms with van der Waals surface area (Å²) < 4.78 is 12.9. The summed E-state index contributed by atoms with van der Waals surface area (Å²) in [7, 11) is 0. The second-order valence-electron chi connectivity index (χ2n) is 10.7. The number of rotatable bonds is 10. The van der Waals surface area contributed by atoms with E-state index in [0.29, 0.717) is 24.7 Å². The molecule has 1 aliphatic carbocycles. The summed E-state index contributed by atoms with van der Waals surface area (Å²) in [4.78, 5) is 20.3. The average molecular weight is 551 g/mol. The van der Waals surface area contributed by atoms with Gasteiger partial charge in [0.2, 0.25) is 6.79 Å². The lowest BCUT2D eigenvalue weighted by Gasteiger charge is -2.06. The molecule has 2 aliphatic rings. The SMILES string of the molecule is Cc1ccc(CNC(=O)c2cn(CCCCc3cc4c(-c5ccc6c(c5)OCO6)c(C5CC5)[nH]c4nn3)nn2)cn1. The van der Waals surface area contributed by atoms with E-state index in [1.807, 2.05) is 25.1 Å². The van der Waals surface area contributed by atoms with E-state index in [1.165, 1.54) is 24.1 Å². The van der Waals surface area contributed by atoms with Gasteiger partial charge in [0.25, 0.3) is 5.91 Å². The smallest absolute Gasteiger partial charge is 0.273 e. The number of amides is 1. The van der Waals surface area contributed by atoms with Crippen molar-refractivity contribution in [2.75, 3.05) is 6.79 Å². The standard InChI is InChI=1S/C30H30N8O3/c1-18-5-6-19(14-31-18)15-32-30(39)24-16-38(37-35-24)11-3-2-4-22-13-23-27(21-9-10-25-26(12-21)41-17-40-25)28(20-7-8-20)33-29(23)36-34-22/h5-6,9-10,12-14,16,20H,2-4,7-8,11,15,17H2,1H3,(H,32,39)(H,33,36). The fourth-order valence-corrected chi connectivity index (χ4v) is 5.18. The number of aromatic amines is 1. The molecule has 4 aromatic heterocycles. The Morgan fingerprint density at radius 3 is 2.83 bits per heavy atom. The zero-order chi connectivity index (χ0) is 27.8. The van der Waals surface area contributed by atoms with E-state index in [2.05, 4.69) is 54.0 Å². The van der Waals surface area contributed by atoms with Gasteiger partial charge in [0.15, 0.2) is 22.8 Å². The number of carbonyl (C=O) groups excluding carboxylic acids is 1. The summed E-state index contributed by atoms with van der Waals surface area (Å²) in [6.07, 6.45) is 8.37. The van der Waals surface area contributed by atoms with Gasteiger partial charge in [-0.1, -0.05) is 17.3 Å². The highest BCUT2D eigenvalue weighted by atomic mass is 16.7. The number of carbonyl (C=O) groups is 1. The second-order valence-corrected chi connectivity index (χ2v) is 10.7. The Bertz CT molecular complexity index is 1720. The first-order valence-electron chi connectivity index (χ1n) is 14.0. The predicted octanol–water partition coefficient (Wildman–Crippen LogP) is 4.48. The molecular weight excluding hydrogens is 520 g/mol. The molecule has 11 nitrogen and oxygen atoms in total. The maximum absolute atomic E-state index is 12.5. The monoisotopic (exact) mass is 550 g/mol. The topological polar surface area (TPSA) is 133 Å². The fourth-order valence-electron chi connectivity index (χ4n) is 5.18. The van der Waals surface area contributed by atoms with Crippen LogP contribution in [0, 0.1) is 6.92 Å². The number of ether oxygens (including phenoxy) is 2. The molecule has 0 radical (unpaired) electrons. The summed E-state index contributed by atoms with van der Waals surface area (Å²) in [5.41, 5.74) is 7.45. The summed E-state index contributed by atoms with van der Waals surface area (Å²) in [5.74, 6) is 1.83. The van der Waals surface area contributed by atoms with Gasteiger partial charge in [-0.3, -0.25) is 14.5 Å². The molecule has 1 fully saturated rings. The molecule has 1 amide bonds. The van der Waals surface area contributed by atoms with Crippen LogP contribution in [0.25, 0.3) is 22.2 Å². The quantitative estimate of drug-likeness (QED) is 0.243. The fraction of sp³-hybridized carbons (Fsp3) is 0.333. The molecule has 11 heteroatoms. The summed E-state index contributed by atoms with van der Waals surface area (Å²) in [6, 6.07) is 12.2. The molecule has 5 aromatic rings. The molecule has 208 valence electrons. The molecule has 0 spiro atoms. The Hall–Kier alpha value is -4.80. The van der Waals surface area contributed by atoms with Gasteiger partial charge in [0, 0.05) is 41.6 Å². The Morgan fingerprint density at radius 1 is 1.07 bits per heavy atom. The Morgan fingerprint density at radius 2 is 1.98 bits per heavy atom. The van der Waals surface area contributed by atoms with Crippen molar-refractivity contribution in [2.24, 2.45) is 0 Å². The van der Waals surface area contributed by atoms with Crippen LogP contribution in [0.15, 0.2) is 48.8 Å². The first kappa shape index (κ1) is 25.2. The van der Waals surface area contributed by atoms with Gasteiger partial charge in [-0.05, 0) is 80.3 Å². The maximum Gasteiger partial charge on any atom is 0.273 e. The average Bonchev–Trinajstić information content (AvgIpc) is 3.37. The number of aromatic nitrogens is 7. The number of unbranched alkanes of at least 4 members (excludes halogenated alkanes) is 1. The predicted molar refractivity (Wildman–Crippen MR) is 151 cm³/mol. The van der Waals surface area contributed by atoms with Gasteiger partial charge in [0.1, 0.15) is 0 Å². The maximum atomic E-state index is 12.5. The van der Waals surface area contributed by atoms with Crippen LogP contribution in [0.1, 0.15) is 64.7 Å². The van der Waals surface area contributed by atoms with Crippen molar-refractivity contribution in [3.8, 4) is 22.6 Å². The lowest BCUT2D eigenvalue weighted by Crippen LogP contribution is -2.23. The third-order valence-electron chi connectivity index (χ3n) is 7.55. The van der Waals surface area contributed by atoms with E-state index >= 15 is 0 Å². The van der Waals surface area contributed by atoms with E-state index in [1.54, 1.807) is 17.1 Å². The molecule has 0 saturated heterocycles. The molecule has 0 bridgehead atoms. The zero-order valence-electron chi connectivity index (χ0n) is 22.8. The largest absolute Gasteiger partial charge is 0.454 e. The second kappa shape index (κ2) is 10.6. The molecule has 5 heterocycles. The Kier molecular flexibility index (Phi) is 6.54. The lowest BCUT2D eigenvalue weighted by molar-refractivity contribution is 0.0945. The molecule has 7 rings (SSSR count). The van der Waals surface area contributed by atoms with Gasteiger partial charge in [-0.25, -0.2) is 0 Å². The molecule has 2 N–H and O–H groups in total. The van der Waals surface area contributed by atoms with Crippen molar-refractivity contribution >= 4 is 16.9 Å². The third kappa shape index (κ3) is 5.34. The zero-order valence-corrected chi connectivity index (χ0v) is 22.8. The van der Waals surface area contributed by atoms with Crippen molar-refractivity contribution < 1.29 is 14.3 Å². The normalized spacial score (nSPS) is 14.1. The van der Waals surface area contributed by atoms with E-state index in [4.69, 9.17) is 9.47 Å². The number of benzene rings is 1. The molecule has 1 aromatic carbocycles. The number of aryl methyl sites for hydroxylation is 3. The number of fused-ring (bicyclic) bond motifs is 2. The van der Waals surface area contributed by atoms with Crippen LogP contribution in [-0.4, -0.2) is 47.9 Å². The molecule has 1 aliphatic heterocycles. The molecule has 0 atom stereocenters. The van der Waals surface area contributed by atoms with Crippen molar-refractivity contribution in [1.82, 2.24) is 40.5 Å². The van der Waals surface area contributed by atoms with E-state index in [9.17, 15) is 4.79 Å². The molecule has 0 unspecified atom stereocenters. The summed E-state index contributed by atoms with van der Waals surface area (Å²) in [5, 5.41) is 21.2.